The maximum atomic E-state index is 12.4. The van der Waals surface area contributed by atoms with Crippen LogP contribution in [0.1, 0.15) is 21.1 Å². The van der Waals surface area contributed by atoms with Gasteiger partial charge < -0.3 is 14.6 Å². The van der Waals surface area contributed by atoms with Crippen molar-refractivity contribution in [2.45, 2.75) is 26.4 Å². The molecule has 1 N–H and O–H groups in total. The molecule has 0 unspecified atom stereocenters. The number of anilines is 1. The van der Waals surface area contributed by atoms with E-state index in [-0.39, 0.29) is 5.91 Å². The molecule has 1 aliphatic heterocycles. The van der Waals surface area contributed by atoms with Crippen LogP contribution in [0.15, 0.2) is 22.0 Å². The number of nitrogens with one attached hydrogen (secondary N) is 1. The molecule has 0 aromatic carbocycles. The SMILES string of the molecule is Cc1noc(-c2c(NC(=O)Cc3cccs3)sc3c2CCOC3)n1. The van der Waals surface area contributed by atoms with Gasteiger partial charge in [0.05, 0.1) is 25.2 Å². The van der Waals surface area contributed by atoms with E-state index in [1.54, 1.807) is 18.3 Å². The van der Waals surface area contributed by atoms with Gasteiger partial charge >= 0.3 is 0 Å². The summed E-state index contributed by atoms with van der Waals surface area (Å²) in [6.07, 6.45) is 1.14. The highest BCUT2D eigenvalue weighted by Crippen LogP contribution is 2.42. The molecule has 0 spiro atoms. The van der Waals surface area contributed by atoms with Crippen LogP contribution in [0.3, 0.4) is 0 Å². The summed E-state index contributed by atoms with van der Waals surface area (Å²) in [5.74, 6) is 0.987. The van der Waals surface area contributed by atoms with Gasteiger partial charge in [-0.25, -0.2) is 0 Å². The number of aryl methyl sites for hydroxylation is 1. The van der Waals surface area contributed by atoms with Crippen LogP contribution in [0.5, 0.6) is 0 Å². The molecule has 0 atom stereocenters. The Morgan fingerprint density at radius 3 is 3.12 bits per heavy atom. The number of nitrogens with zero attached hydrogens (tertiary/aromatic N) is 2. The smallest absolute Gasteiger partial charge is 0.261 e. The minimum atomic E-state index is -0.0468. The maximum Gasteiger partial charge on any atom is 0.261 e. The van der Waals surface area contributed by atoms with E-state index in [1.165, 1.54) is 11.3 Å². The first kappa shape index (κ1) is 15.5. The maximum absolute atomic E-state index is 12.4. The second-order valence-corrected chi connectivity index (χ2v) is 7.60. The standard InChI is InChI=1S/C16H15N3O3S2/c1-9-17-15(22-19-9)14-11-4-5-21-8-12(11)24-16(14)18-13(20)7-10-3-2-6-23-10/h2-3,6H,4-5,7-8H2,1H3,(H,18,20). The van der Waals surface area contributed by atoms with Gasteiger partial charge in [-0.15, -0.1) is 22.7 Å². The van der Waals surface area contributed by atoms with Crippen LogP contribution in [0.2, 0.25) is 0 Å². The van der Waals surface area contributed by atoms with E-state index in [2.05, 4.69) is 15.5 Å². The van der Waals surface area contributed by atoms with Gasteiger partial charge in [-0.2, -0.15) is 4.98 Å². The van der Waals surface area contributed by atoms with Crippen molar-refractivity contribution >= 4 is 33.6 Å². The number of thiophene rings is 2. The number of ether oxygens (including phenoxy) is 1. The van der Waals surface area contributed by atoms with Crippen LogP contribution in [0.4, 0.5) is 5.00 Å². The number of carbonyl (C=O) groups is 1. The fourth-order valence-corrected chi connectivity index (χ4v) is 4.58. The lowest BCUT2D eigenvalue weighted by Crippen LogP contribution is -2.13. The Kier molecular flexibility index (Phi) is 4.17. The molecule has 1 aliphatic rings. The monoisotopic (exact) mass is 361 g/mol. The summed E-state index contributed by atoms with van der Waals surface area (Å²) in [4.78, 5) is 18.9. The van der Waals surface area contributed by atoms with Crippen molar-refractivity contribution < 1.29 is 14.1 Å². The highest BCUT2D eigenvalue weighted by atomic mass is 32.1. The van der Waals surface area contributed by atoms with E-state index in [4.69, 9.17) is 9.26 Å². The Balaban J connectivity index is 1.66. The third-order valence-electron chi connectivity index (χ3n) is 3.73. The summed E-state index contributed by atoms with van der Waals surface area (Å²) in [6, 6.07) is 3.90. The summed E-state index contributed by atoms with van der Waals surface area (Å²) in [5, 5.41) is 9.62. The zero-order chi connectivity index (χ0) is 16.5. The van der Waals surface area contributed by atoms with Crippen LogP contribution in [0, 0.1) is 6.92 Å². The largest absolute Gasteiger partial charge is 0.376 e. The van der Waals surface area contributed by atoms with E-state index in [1.807, 2.05) is 17.5 Å². The topological polar surface area (TPSA) is 77.2 Å². The zero-order valence-corrected chi connectivity index (χ0v) is 14.6. The molecule has 0 saturated heterocycles. The molecule has 1 amide bonds. The van der Waals surface area contributed by atoms with E-state index in [9.17, 15) is 4.79 Å². The number of amides is 1. The van der Waals surface area contributed by atoms with E-state index in [0.717, 1.165) is 32.3 Å². The quantitative estimate of drug-likeness (QED) is 0.770. The molecule has 0 bridgehead atoms. The summed E-state index contributed by atoms with van der Waals surface area (Å²) in [7, 11) is 0. The van der Waals surface area contributed by atoms with Crippen LogP contribution in [0.25, 0.3) is 11.5 Å². The number of aromatic nitrogens is 2. The Labute approximate surface area is 146 Å². The Morgan fingerprint density at radius 1 is 1.46 bits per heavy atom. The van der Waals surface area contributed by atoms with Gasteiger partial charge in [0.2, 0.25) is 5.91 Å². The first-order valence-corrected chi connectivity index (χ1v) is 9.25. The number of hydrogen-bond donors (Lipinski definition) is 1. The minimum absolute atomic E-state index is 0.0468. The van der Waals surface area contributed by atoms with Crippen LogP contribution >= 0.6 is 22.7 Å². The highest BCUT2D eigenvalue weighted by Gasteiger charge is 2.26. The fourth-order valence-electron chi connectivity index (χ4n) is 2.69. The minimum Gasteiger partial charge on any atom is -0.376 e. The van der Waals surface area contributed by atoms with Gasteiger partial charge in [0.15, 0.2) is 5.82 Å². The third-order valence-corrected chi connectivity index (χ3v) is 5.73. The number of hydrogen-bond acceptors (Lipinski definition) is 7. The molecule has 4 rings (SSSR count). The lowest BCUT2D eigenvalue weighted by atomic mass is 10.1. The first-order chi connectivity index (χ1) is 11.7. The predicted octanol–water partition coefficient (Wildman–Crippen LogP) is 3.42. The molecule has 0 saturated carbocycles. The number of carbonyl (C=O) groups excluding carboxylic acids is 1. The summed E-state index contributed by atoms with van der Waals surface area (Å²) in [5.41, 5.74) is 1.99. The third kappa shape index (κ3) is 3.00. The molecule has 0 aliphatic carbocycles. The van der Waals surface area contributed by atoms with Gasteiger partial charge in [0.1, 0.15) is 5.00 Å². The molecular weight excluding hydrogens is 346 g/mol. The second-order valence-electron chi connectivity index (χ2n) is 5.46. The van der Waals surface area contributed by atoms with Crippen molar-refractivity contribution in [3.8, 4) is 11.5 Å². The van der Waals surface area contributed by atoms with Gasteiger partial charge in [0, 0.05) is 9.75 Å². The Morgan fingerprint density at radius 2 is 2.38 bits per heavy atom. The van der Waals surface area contributed by atoms with Crippen molar-refractivity contribution in [1.82, 2.24) is 10.1 Å². The van der Waals surface area contributed by atoms with E-state index < -0.39 is 0 Å². The predicted molar refractivity (Wildman–Crippen MR) is 92.4 cm³/mol. The van der Waals surface area contributed by atoms with Gasteiger partial charge in [-0.3, -0.25) is 4.79 Å². The van der Waals surface area contributed by atoms with Crippen LogP contribution < -0.4 is 5.32 Å². The van der Waals surface area contributed by atoms with Gasteiger partial charge in [-0.05, 0) is 30.4 Å². The molecular formula is C16H15N3O3S2. The molecule has 0 fully saturated rings. The number of fused-ring (bicyclic) bond motifs is 1. The van der Waals surface area contributed by atoms with Crippen molar-refractivity contribution in [2.75, 3.05) is 11.9 Å². The van der Waals surface area contributed by atoms with Crippen molar-refractivity contribution in [3.05, 3.63) is 38.7 Å². The lowest BCUT2D eigenvalue weighted by molar-refractivity contribution is -0.115. The number of rotatable bonds is 4. The first-order valence-electron chi connectivity index (χ1n) is 7.56. The molecule has 3 aromatic heterocycles. The molecule has 24 heavy (non-hydrogen) atoms. The van der Waals surface area contributed by atoms with Gasteiger partial charge in [-0.1, -0.05) is 11.2 Å². The normalized spacial score (nSPS) is 13.7. The van der Waals surface area contributed by atoms with Crippen molar-refractivity contribution in [1.29, 1.82) is 0 Å². The molecule has 124 valence electrons. The molecule has 3 aromatic rings. The summed E-state index contributed by atoms with van der Waals surface area (Å²) in [6.45, 7) is 3.00. The highest BCUT2D eigenvalue weighted by molar-refractivity contribution is 7.17. The van der Waals surface area contributed by atoms with Crippen molar-refractivity contribution in [3.63, 3.8) is 0 Å². The summed E-state index contributed by atoms with van der Waals surface area (Å²) < 4.78 is 10.9. The van der Waals surface area contributed by atoms with E-state index >= 15 is 0 Å². The van der Waals surface area contributed by atoms with Crippen molar-refractivity contribution in [2.24, 2.45) is 0 Å². The van der Waals surface area contributed by atoms with Crippen LogP contribution in [-0.4, -0.2) is 22.7 Å². The second kappa shape index (κ2) is 6.46. The molecule has 6 nitrogen and oxygen atoms in total. The van der Waals surface area contributed by atoms with Gasteiger partial charge in [0.25, 0.3) is 5.89 Å². The molecule has 8 heteroatoms. The average Bonchev–Trinajstić information content (AvgIpc) is 3.27. The Bertz CT molecular complexity index is 867. The van der Waals surface area contributed by atoms with E-state index in [0.29, 0.717) is 31.3 Å². The van der Waals surface area contributed by atoms with Crippen LogP contribution in [-0.2, 0) is 29.0 Å². The Hall–Kier alpha value is -2.03. The summed E-state index contributed by atoms with van der Waals surface area (Å²) >= 11 is 3.10. The average molecular weight is 361 g/mol. The molecule has 0 radical (unpaired) electrons. The fraction of sp³-hybridized carbons (Fsp3) is 0.312. The lowest BCUT2D eigenvalue weighted by Gasteiger charge is -2.12. The molecule has 4 heterocycles. The zero-order valence-electron chi connectivity index (χ0n) is 13.0.